The third-order valence-corrected chi connectivity index (χ3v) is 3.78. The molecule has 0 aliphatic heterocycles. The van der Waals surface area contributed by atoms with E-state index in [1.807, 2.05) is 36.4 Å². The zero-order chi connectivity index (χ0) is 16.1. The Labute approximate surface area is 136 Å². The van der Waals surface area contributed by atoms with Gasteiger partial charge in [-0.2, -0.15) is 0 Å². The van der Waals surface area contributed by atoms with Crippen molar-refractivity contribution >= 4 is 0 Å². The predicted molar refractivity (Wildman–Crippen MR) is 90.6 cm³/mol. The van der Waals surface area contributed by atoms with Crippen LogP contribution in [0.1, 0.15) is 25.3 Å². The molecule has 3 rings (SSSR count). The van der Waals surface area contributed by atoms with Gasteiger partial charge in [0, 0.05) is 18.2 Å². The minimum absolute atomic E-state index is 0.391. The summed E-state index contributed by atoms with van der Waals surface area (Å²) < 4.78 is 5.82. The van der Waals surface area contributed by atoms with Crippen molar-refractivity contribution in [1.29, 1.82) is 0 Å². The van der Waals surface area contributed by atoms with Crippen LogP contribution in [0.3, 0.4) is 0 Å². The van der Waals surface area contributed by atoms with Crippen molar-refractivity contribution in [3.8, 4) is 11.5 Å². The molecule has 0 bridgehead atoms. The van der Waals surface area contributed by atoms with Gasteiger partial charge in [0.25, 0.3) is 0 Å². The Hall–Kier alpha value is -2.46. The molecule has 0 saturated heterocycles. The number of hydrogen-bond acceptors (Lipinski definition) is 4. The van der Waals surface area contributed by atoms with E-state index in [1.165, 1.54) is 5.56 Å². The fourth-order valence-corrected chi connectivity index (χ4v) is 2.43. The summed E-state index contributed by atoms with van der Waals surface area (Å²) in [5.74, 6) is 1.22. The number of nitrogens with zero attached hydrogens (tertiary/aromatic N) is 3. The van der Waals surface area contributed by atoms with Gasteiger partial charge in [-0.15, -0.1) is 10.2 Å². The highest BCUT2D eigenvalue weighted by Crippen LogP contribution is 2.19. The van der Waals surface area contributed by atoms with Crippen molar-refractivity contribution in [2.24, 2.45) is 0 Å². The van der Waals surface area contributed by atoms with E-state index in [0.717, 1.165) is 12.1 Å². The molecule has 2 aromatic carbocycles. The number of hydrogen-bond donors (Lipinski definition) is 0. The molecule has 3 aromatic rings. The predicted octanol–water partition coefficient (Wildman–Crippen LogP) is 4.15. The lowest BCUT2D eigenvalue weighted by atomic mass is 10.2. The Morgan fingerprint density at radius 1 is 0.870 bits per heavy atom. The number of benzene rings is 2. The maximum Gasteiger partial charge on any atom is 0.247 e. The molecule has 0 amide bonds. The molecule has 1 aromatic heterocycles. The van der Waals surface area contributed by atoms with Gasteiger partial charge in [0.1, 0.15) is 0 Å². The van der Waals surface area contributed by atoms with Crippen LogP contribution in [0.2, 0.25) is 0 Å². The van der Waals surface area contributed by atoms with E-state index in [2.05, 4.69) is 53.2 Å². The smallest absolute Gasteiger partial charge is 0.247 e. The average molecular weight is 307 g/mol. The van der Waals surface area contributed by atoms with Crippen molar-refractivity contribution < 1.29 is 4.42 Å². The summed E-state index contributed by atoms with van der Waals surface area (Å²) in [5, 5.41) is 8.36. The minimum atomic E-state index is 0.391. The first-order valence-electron chi connectivity index (χ1n) is 7.88. The van der Waals surface area contributed by atoms with Crippen LogP contribution in [0.5, 0.6) is 0 Å². The first-order chi connectivity index (χ1) is 11.2. The van der Waals surface area contributed by atoms with Gasteiger partial charge < -0.3 is 4.42 Å². The normalized spacial score (nSPS) is 11.3. The molecule has 0 N–H and O–H groups in total. The van der Waals surface area contributed by atoms with Crippen molar-refractivity contribution in [3.63, 3.8) is 0 Å². The SMILES string of the molecule is CC(C)N(Cc1ccccc1)Cc1nnc(-c2ccccc2)o1. The molecule has 0 fully saturated rings. The van der Waals surface area contributed by atoms with Crippen LogP contribution in [0.25, 0.3) is 11.5 Å². The summed E-state index contributed by atoms with van der Waals surface area (Å²) in [7, 11) is 0. The van der Waals surface area contributed by atoms with Gasteiger partial charge >= 0.3 is 0 Å². The average Bonchev–Trinajstić information content (AvgIpc) is 3.04. The molecule has 0 aliphatic rings. The highest BCUT2D eigenvalue weighted by Gasteiger charge is 2.15. The maximum absolute atomic E-state index is 5.82. The van der Waals surface area contributed by atoms with Gasteiger partial charge in [0.2, 0.25) is 11.8 Å². The van der Waals surface area contributed by atoms with E-state index in [4.69, 9.17) is 4.42 Å². The largest absolute Gasteiger partial charge is 0.419 e. The van der Waals surface area contributed by atoms with E-state index >= 15 is 0 Å². The van der Waals surface area contributed by atoms with Crippen LogP contribution >= 0.6 is 0 Å². The fraction of sp³-hybridized carbons (Fsp3) is 0.263. The van der Waals surface area contributed by atoms with Crippen LogP contribution in [0, 0.1) is 0 Å². The van der Waals surface area contributed by atoms with E-state index in [1.54, 1.807) is 0 Å². The van der Waals surface area contributed by atoms with E-state index in [-0.39, 0.29) is 0 Å². The summed E-state index contributed by atoms with van der Waals surface area (Å²) in [6.45, 7) is 5.86. The van der Waals surface area contributed by atoms with Crippen LogP contribution in [-0.2, 0) is 13.1 Å². The summed E-state index contributed by atoms with van der Waals surface area (Å²) in [4.78, 5) is 2.32. The number of aromatic nitrogens is 2. The van der Waals surface area contributed by atoms with E-state index in [0.29, 0.717) is 24.4 Å². The molecule has 1 heterocycles. The molecule has 118 valence electrons. The zero-order valence-corrected chi connectivity index (χ0v) is 13.5. The highest BCUT2D eigenvalue weighted by molar-refractivity contribution is 5.51. The second-order valence-corrected chi connectivity index (χ2v) is 5.85. The van der Waals surface area contributed by atoms with Crippen LogP contribution < -0.4 is 0 Å². The molecule has 0 aliphatic carbocycles. The zero-order valence-electron chi connectivity index (χ0n) is 13.5. The Morgan fingerprint density at radius 3 is 2.17 bits per heavy atom. The van der Waals surface area contributed by atoms with Crippen molar-refractivity contribution in [2.45, 2.75) is 33.0 Å². The van der Waals surface area contributed by atoms with Gasteiger partial charge in [-0.05, 0) is 31.5 Å². The van der Waals surface area contributed by atoms with E-state index < -0.39 is 0 Å². The topological polar surface area (TPSA) is 42.2 Å². The lowest BCUT2D eigenvalue weighted by molar-refractivity contribution is 0.184. The van der Waals surface area contributed by atoms with Gasteiger partial charge in [-0.25, -0.2) is 0 Å². The summed E-state index contributed by atoms with van der Waals surface area (Å²) in [6.07, 6.45) is 0. The first-order valence-corrected chi connectivity index (χ1v) is 7.88. The quantitative estimate of drug-likeness (QED) is 0.686. The molecule has 4 nitrogen and oxygen atoms in total. The molecule has 4 heteroatoms. The highest BCUT2D eigenvalue weighted by atomic mass is 16.4. The second-order valence-electron chi connectivity index (χ2n) is 5.85. The molecule has 0 atom stereocenters. The van der Waals surface area contributed by atoms with Crippen LogP contribution in [0.15, 0.2) is 65.1 Å². The second kappa shape index (κ2) is 7.20. The van der Waals surface area contributed by atoms with E-state index in [9.17, 15) is 0 Å². The van der Waals surface area contributed by atoms with Crippen molar-refractivity contribution in [3.05, 3.63) is 72.1 Å². The molecule has 0 saturated carbocycles. The molecular weight excluding hydrogens is 286 g/mol. The van der Waals surface area contributed by atoms with Gasteiger partial charge in [0.05, 0.1) is 6.54 Å². The van der Waals surface area contributed by atoms with Gasteiger partial charge in [0.15, 0.2) is 0 Å². The third kappa shape index (κ3) is 4.05. The fourth-order valence-electron chi connectivity index (χ4n) is 2.43. The summed E-state index contributed by atoms with van der Waals surface area (Å²) in [5.41, 5.74) is 2.23. The van der Waals surface area contributed by atoms with Crippen molar-refractivity contribution in [2.75, 3.05) is 0 Å². The monoisotopic (exact) mass is 307 g/mol. The molecular formula is C19H21N3O. The molecule has 0 radical (unpaired) electrons. The maximum atomic E-state index is 5.82. The molecule has 23 heavy (non-hydrogen) atoms. The Kier molecular flexibility index (Phi) is 4.83. The Morgan fingerprint density at radius 2 is 1.52 bits per heavy atom. The lowest BCUT2D eigenvalue weighted by Crippen LogP contribution is -2.29. The standard InChI is InChI=1S/C19H21N3O/c1-15(2)22(13-16-9-5-3-6-10-16)14-18-20-21-19(23-18)17-11-7-4-8-12-17/h3-12,15H,13-14H2,1-2H3. The molecule has 0 spiro atoms. The lowest BCUT2D eigenvalue weighted by Gasteiger charge is -2.24. The van der Waals surface area contributed by atoms with Gasteiger partial charge in [-0.1, -0.05) is 48.5 Å². The summed E-state index contributed by atoms with van der Waals surface area (Å²) in [6, 6.07) is 20.7. The first kappa shape index (κ1) is 15.4. The van der Waals surface area contributed by atoms with Crippen molar-refractivity contribution in [1.82, 2.24) is 15.1 Å². The van der Waals surface area contributed by atoms with Crippen LogP contribution in [-0.4, -0.2) is 21.1 Å². The Balaban J connectivity index is 1.72. The Bertz CT molecular complexity index is 723. The minimum Gasteiger partial charge on any atom is -0.419 e. The van der Waals surface area contributed by atoms with Gasteiger partial charge in [-0.3, -0.25) is 4.90 Å². The third-order valence-electron chi connectivity index (χ3n) is 3.78. The molecule has 0 unspecified atom stereocenters. The summed E-state index contributed by atoms with van der Waals surface area (Å²) >= 11 is 0. The number of rotatable bonds is 6. The van der Waals surface area contributed by atoms with Crippen LogP contribution in [0.4, 0.5) is 0 Å².